The van der Waals surface area contributed by atoms with Crippen LogP contribution >= 0.6 is 11.3 Å². The first kappa shape index (κ1) is 15.5. The van der Waals surface area contributed by atoms with E-state index in [4.69, 9.17) is 9.47 Å². The first-order valence-electron chi connectivity index (χ1n) is 7.43. The molecule has 0 aliphatic rings. The number of thiazole rings is 1. The third kappa shape index (κ3) is 3.19. The molecule has 0 radical (unpaired) electrons. The Hall–Kier alpha value is -2.41. The van der Waals surface area contributed by atoms with Gasteiger partial charge >= 0.3 is 0 Å². The minimum Gasteiger partial charge on any atom is -0.490 e. The number of rotatable bonds is 6. The van der Waals surface area contributed by atoms with Crippen molar-refractivity contribution in [1.29, 1.82) is 0 Å². The van der Waals surface area contributed by atoms with Gasteiger partial charge < -0.3 is 9.47 Å². The molecule has 0 aliphatic heterocycles. The highest BCUT2D eigenvalue weighted by Gasteiger charge is 2.13. The lowest BCUT2D eigenvalue weighted by molar-refractivity contribution is 0.288. The van der Waals surface area contributed by atoms with E-state index in [-0.39, 0.29) is 0 Å². The summed E-state index contributed by atoms with van der Waals surface area (Å²) < 4.78 is 13.0. The lowest BCUT2D eigenvalue weighted by Crippen LogP contribution is -1.98. The summed E-state index contributed by atoms with van der Waals surface area (Å²) in [6.07, 6.45) is 1.71. The fourth-order valence-corrected chi connectivity index (χ4v) is 3.04. The van der Waals surface area contributed by atoms with Crippen molar-refractivity contribution in [2.75, 3.05) is 13.2 Å². The molecule has 2 aromatic heterocycles. The van der Waals surface area contributed by atoms with Gasteiger partial charge in [-0.05, 0) is 32.0 Å². The molecule has 7 heteroatoms. The average molecular weight is 330 g/mol. The van der Waals surface area contributed by atoms with Crippen LogP contribution in [0.2, 0.25) is 0 Å². The Morgan fingerprint density at radius 2 is 1.91 bits per heavy atom. The van der Waals surface area contributed by atoms with Gasteiger partial charge in [-0.25, -0.2) is 9.67 Å². The van der Waals surface area contributed by atoms with Gasteiger partial charge in [0, 0.05) is 18.0 Å². The Labute approximate surface area is 138 Å². The van der Waals surface area contributed by atoms with Crippen LogP contribution in [-0.2, 0) is 7.05 Å². The zero-order valence-electron chi connectivity index (χ0n) is 13.3. The molecule has 1 aromatic carbocycles. The number of benzene rings is 1. The van der Waals surface area contributed by atoms with Gasteiger partial charge in [0.15, 0.2) is 11.5 Å². The third-order valence-corrected chi connectivity index (χ3v) is 4.16. The third-order valence-electron chi connectivity index (χ3n) is 3.27. The topological polar surface area (TPSA) is 62.1 Å². The molecule has 0 saturated heterocycles. The number of nitrogens with zero attached hydrogens (tertiary/aromatic N) is 4. The average Bonchev–Trinajstić information content (AvgIpc) is 3.18. The largest absolute Gasteiger partial charge is 0.490 e. The maximum Gasteiger partial charge on any atom is 0.161 e. The Morgan fingerprint density at radius 1 is 1.13 bits per heavy atom. The second-order valence-electron chi connectivity index (χ2n) is 4.81. The summed E-state index contributed by atoms with van der Waals surface area (Å²) in [5.74, 6) is 1.50. The number of ether oxygens (including phenoxy) is 2. The molecule has 0 aliphatic carbocycles. The van der Waals surface area contributed by atoms with Gasteiger partial charge in [-0.2, -0.15) is 0 Å². The lowest BCUT2D eigenvalue weighted by Gasteiger charge is -2.11. The monoisotopic (exact) mass is 330 g/mol. The Bertz CT molecular complexity index is 797. The van der Waals surface area contributed by atoms with Crippen LogP contribution in [0.1, 0.15) is 13.8 Å². The molecule has 3 rings (SSSR count). The van der Waals surface area contributed by atoms with Crippen molar-refractivity contribution in [3.63, 3.8) is 0 Å². The van der Waals surface area contributed by atoms with E-state index in [1.54, 1.807) is 22.2 Å². The first-order valence-corrected chi connectivity index (χ1v) is 8.31. The molecule has 0 saturated carbocycles. The zero-order valence-corrected chi connectivity index (χ0v) is 14.1. The molecule has 0 atom stereocenters. The number of aryl methyl sites for hydroxylation is 1. The van der Waals surface area contributed by atoms with E-state index in [2.05, 4.69) is 15.3 Å². The predicted octanol–water partition coefficient (Wildman–Crippen LogP) is 3.40. The molecule has 23 heavy (non-hydrogen) atoms. The van der Waals surface area contributed by atoms with Gasteiger partial charge in [-0.1, -0.05) is 5.21 Å². The Balaban J connectivity index is 1.94. The van der Waals surface area contributed by atoms with Crippen LogP contribution in [-0.4, -0.2) is 33.2 Å². The van der Waals surface area contributed by atoms with Crippen molar-refractivity contribution in [2.24, 2.45) is 7.05 Å². The minimum absolute atomic E-state index is 0.591. The molecule has 0 N–H and O–H groups in total. The molecule has 0 unspecified atom stereocenters. The first-order chi connectivity index (χ1) is 11.2. The fourth-order valence-electron chi connectivity index (χ4n) is 2.23. The zero-order chi connectivity index (χ0) is 16.2. The maximum absolute atomic E-state index is 5.68. The fraction of sp³-hybridized carbons (Fsp3) is 0.312. The summed E-state index contributed by atoms with van der Waals surface area (Å²) in [4.78, 5) is 4.68. The van der Waals surface area contributed by atoms with Gasteiger partial charge in [0.2, 0.25) is 0 Å². The summed E-state index contributed by atoms with van der Waals surface area (Å²) in [5, 5.41) is 10.8. The van der Waals surface area contributed by atoms with Crippen molar-refractivity contribution in [3.8, 4) is 33.5 Å². The van der Waals surface area contributed by atoms with E-state index in [0.29, 0.717) is 13.2 Å². The van der Waals surface area contributed by atoms with Crippen LogP contribution in [0.4, 0.5) is 0 Å². The Morgan fingerprint density at radius 3 is 2.61 bits per heavy atom. The summed E-state index contributed by atoms with van der Waals surface area (Å²) in [7, 11) is 1.85. The maximum atomic E-state index is 5.68. The van der Waals surface area contributed by atoms with Crippen molar-refractivity contribution in [3.05, 3.63) is 29.8 Å². The molecule has 0 fully saturated rings. The lowest BCUT2D eigenvalue weighted by atomic mass is 10.2. The number of aromatic nitrogens is 4. The van der Waals surface area contributed by atoms with E-state index in [9.17, 15) is 0 Å². The standard InChI is InChI=1S/C16H18N4O2S/c1-4-21-14-7-6-11(8-15(14)22-5-2)16-18-12(10-23-16)13-9-17-19-20(13)3/h6-10H,4-5H2,1-3H3. The van der Waals surface area contributed by atoms with Gasteiger partial charge in [0.05, 0.1) is 19.4 Å². The molecular weight excluding hydrogens is 312 g/mol. The van der Waals surface area contributed by atoms with Crippen LogP contribution in [0.25, 0.3) is 22.0 Å². The minimum atomic E-state index is 0.591. The molecule has 0 amide bonds. The quantitative estimate of drug-likeness (QED) is 0.693. The molecular formula is C16H18N4O2S. The van der Waals surface area contributed by atoms with Gasteiger partial charge in [-0.3, -0.25) is 0 Å². The van der Waals surface area contributed by atoms with E-state index in [1.807, 2.05) is 44.5 Å². The van der Waals surface area contributed by atoms with Crippen LogP contribution < -0.4 is 9.47 Å². The predicted molar refractivity (Wildman–Crippen MR) is 89.9 cm³/mol. The normalized spacial score (nSPS) is 10.7. The summed E-state index contributed by atoms with van der Waals surface area (Å²) in [6, 6.07) is 5.90. The van der Waals surface area contributed by atoms with Crippen LogP contribution in [0.15, 0.2) is 29.8 Å². The molecule has 120 valence electrons. The Kier molecular flexibility index (Phi) is 4.57. The van der Waals surface area contributed by atoms with Crippen LogP contribution in [0.3, 0.4) is 0 Å². The van der Waals surface area contributed by atoms with Crippen molar-refractivity contribution in [1.82, 2.24) is 20.0 Å². The molecule has 0 spiro atoms. The molecule has 3 aromatic rings. The van der Waals surface area contributed by atoms with Crippen molar-refractivity contribution < 1.29 is 9.47 Å². The van der Waals surface area contributed by atoms with Gasteiger partial charge in [-0.15, -0.1) is 16.4 Å². The second-order valence-corrected chi connectivity index (χ2v) is 5.67. The number of hydrogen-bond donors (Lipinski definition) is 0. The van der Waals surface area contributed by atoms with E-state index in [1.165, 1.54) is 0 Å². The van der Waals surface area contributed by atoms with E-state index < -0.39 is 0 Å². The van der Waals surface area contributed by atoms with Crippen LogP contribution in [0, 0.1) is 0 Å². The van der Waals surface area contributed by atoms with Gasteiger partial charge in [0.1, 0.15) is 16.4 Å². The van der Waals surface area contributed by atoms with E-state index in [0.717, 1.165) is 33.5 Å². The van der Waals surface area contributed by atoms with Crippen molar-refractivity contribution in [2.45, 2.75) is 13.8 Å². The second kappa shape index (κ2) is 6.78. The van der Waals surface area contributed by atoms with Gasteiger partial charge in [0.25, 0.3) is 0 Å². The highest BCUT2D eigenvalue weighted by molar-refractivity contribution is 7.13. The molecule has 2 heterocycles. The smallest absolute Gasteiger partial charge is 0.161 e. The summed E-state index contributed by atoms with van der Waals surface area (Å²) in [6.45, 7) is 5.11. The van der Waals surface area contributed by atoms with Crippen LogP contribution in [0.5, 0.6) is 11.5 Å². The SMILES string of the molecule is CCOc1ccc(-c2nc(-c3cnnn3C)cs2)cc1OCC. The number of hydrogen-bond acceptors (Lipinski definition) is 6. The van der Waals surface area contributed by atoms with Crippen molar-refractivity contribution >= 4 is 11.3 Å². The molecule has 6 nitrogen and oxygen atoms in total. The van der Waals surface area contributed by atoms with E-state index >= 15 is 0 Å². The summed E-state index contributed by atoms with van der Waals surface area (Å²) >= 11 is 1.58. The highest BCUT2D eigenvalue weighted by atomic mass is 32.1. The highest BCUT2D eigenvalue weighted by Crippen LogP contribution is 2.35. The molecule has 0 bridgehead atoms. The summed E-state index contributed by atoms with van der Waals surface area (Å²) in [5.41, 5.74) is 2.76.